The SMILES string of the molecule is COC(=O)c1cc(Cl)ccc1S(=O)(=O)NC(CC(C)C)C(=O)O. The molecule has 0 spiro atoms. The van der Waals surface area contributed by atoms with Gasteiger partial charge < -0.3 is 9.84 Å². The van der Waals surface area contributed by atoms with Gasteiger partial charge in [-0.05, 0) is 30.5 Å². The van der Waals surface area contributed by atoms with Gasteiger partial charge in [0.25, 0.3) is 0 Å². The lowest BCUT2D eigenvalue weighted by Crippen LogP contribution is -2.42. The summed E-state index contributed by atoms with van der Waals surface area (Å²) in [5, 5.41) is 9.32. The second-order valence-electron chi connectivity index (χ2n) is 5.27. The Kier molecular flexibility index (Phi) is 6.55. The van der Waals surface area contributed by atoms with Crippen molar-refractivity contribution >= 4 is 33.6 Å². The number of benzene rings is 1. The van der Waals surface area contributed by atoms with Crippen LogP contribution in [0.2, 0.25) is 5.02 Å². The molecule has 1 aromatic rings. The fourth-order valence-corrected chi connectivity index (χ4v) is 3.48. The monoisotopic (exact) mass is 363 g/mol. The lowest BCUT2D eigenvalue weighted by Gasteiger charge is -2.17. The predicted molar refractivity (Wildman–Crippen MR) is 84.0 cm³/mol. The van der Waals surface area contributed by atoms with Crippen LogP contribution in [0.3, 0.4) is 0 Å². The van der Waals surface area contributed by atoms with E-state index in [1.165, 1.54) is 6.07 Å². The van der Waals surface area contributed by atoms with Crippen molar-refractivity contribution in [2.75, 3.05) is 7.11 Å². The highest BCUT2D eigenvalue weighted by atomic mass is 35.5. The van der Waals surface area contributed by atoms with Gasteiger partial charge in [0, 0.05) is 5.02 Å². The van der Waals surface area contributed by atoms with Gasteiger partial charge >= 0.3 is 11.9 Å². The number of aliphatic carboxylic acids is 1. The molecule has 0 fully saturated rings. The van der Waals surface area contributed by atoms with Crippen molar-refractivity contribution in [3.8, 4) is 0 Å². The van der Waals surface area contributed by atoms with Crippen molar-refractivity contribution in [1.82, 2.24) is 4.72 Å². The zero-order valence-corrected chi connectivity index (χ0v) is 14.4. The third kappa shape index (κ3) is 5.19. The number of methoxy groups -OCH3 is 1. The Bertz CT molecular complexity index is 701. The van der Waals surface area contributed by atoms with Crippen molar-refractivity contribution < 1.29 is 27.9 Å². The molecule has 0 aliphatic rings. The fourth-order valence-electron chi connectivity index (χ4n) is 1.93. The van der Waals surface area contributed by atoms with Crippen LogP contribution < -0.4 is 4.72 Å². The van der Waals surface area contributed by atoms with E-state index in [1.54, 1.807) is 13.8 Å². The molecule has 0 saturated carbocycles. The topological polar surface area (TPSA) is 110 Å². The first kappa shape index (κ1) is 19.4. The summed E-state index contributed by atoms with van der Waals surface area (Å²) < 4.78 is 31.6. The number of hydrogen-bond acceptors (Lipinski definition) is 5. The van der Waals surface area contributed by atoms with Gasteiger partial charge in [-0.15, -0.1) is 0 Å². The standard InChI is InChI=1S/C14H18ClNO6S/c1-8(2)6-11(13(17)18)16-23(20,21)12-5-4-9(15)7-10(12)14(19)22-3/h4-5,7-8,11,16H,6H2,1-3H3,(H,17,18). The average Bonchev–Trinajstić information content (AvgIpc) is 2.44. The second-order valence-corrected chi connectivity index (χ2v) is 7.39. The van der Waals surface area contributed by atoms with Crippen molar-refractivity contribution in [3.63, 3.8) is 0 Å². The van der Waals surface area contributed by atoms with Crippen LogP contribution in [0.15, 0.2) is 23.1 Å². The van der Waals surface area contributed by atoms with Crippen LogP contribution in [0.5, 0.6) is 0 Å². The number of rotatable bonds is 7. The van der Waals surface area contributed by atoms with E-state index in [2.05, 4.69) is 9.46 Å². The van der Waals surface area contributed by atoms with E-state index in [9.17, 15) is 18.0 Å². The number of halogens is 1. The molecule has 0 aromatic heterocycles. The third-order valence-corrected chi connectivity index (χ3v) is 4.70. The molecule has 0 bridgehead atoms. The normalized spacial score (nSPS) is 12.9. The van der Waals surface area contributed by atoms with Crippen LogP contribution in [-0.4, -0.2) is 38.6 Å². The number of carboxylic acids is 1. The quantitative estimate of drug-likeness (QED) is 0.716. The van der Waals surface area contributed by atoms with Crippen molar-refractivity contribution in [2.24, 2.45) is 5.92 Å². The minimum Gasteiger partial charge on any atom is -0.480 e. The van der Waals surface area contributed by atoms with Crippen LogP contribution in [0.25, 0.3) is 0 Å². The number of ether oxygens (including phenoxy) is 1. The van der Waals surface area contributed by atoms with Crippen molar-refractivity contribution in [3.05, 3.63) is 28.8 Å². The first-order chi connectivity index (χ1) is 10.6. The predicted octanol–water partition coefficient (Wildman–Crippen LogP) is 1.90. The summed E-state index contributed by atoms with van der Waals surface area (Å²) in [6.07, 6.45) is 0.107. The van der Waals surface area contributed by atoms with Crippen molar-refractivity contribution in [1.29, 1.82) is 0 Å². The van der Waals surface area contributed by atoms with Gasteiger partial charge in [-0.2, -0.15) is 4.72 Å². The molecule has 0 aliphatic heterocycles. The number of carbonyl (C=O) groups is 2. The lowest BCUT2D eigenvalue weighted by molar-refractivity contribution is -0.139. The van der Waals surface area contributed by atoms with Crippen LogP contribution >= 0.6 is 11.6 Å². The largest absolute Gasteiger partial charge is 0.480 e. The Morgan fingerprint density at radius 2 is 1.96 bits per heavy atom. The van der Waals surface area contributed by atoms with Gasteiger partial charge in [0.2, 0.25) is 10.0 Å². The fraction of sp³-hybridized carbons (Fsp3) is 0.429. The molecule has 0 saturated heterocycles. The second kappa shape index (κ2) is 7.76. The summed E-state index contributed by atoms with van der Waals surface area (Å²) in [5.74, 6) is -2.22. The Balaban J connectivity index is 3.27. The number of hydrogen-bond donors (Lipinski definition) is 2. The third-order valence-electron chi connectivity index (χ3n) is 2.94. The molecule has 0 radical (unpaired) electrons. The number of esters is 1. The van der Waals surface area contributed by atoms with Crippen LogP contribution in [0, 0.1) is 5.92 Å². The van der Waals surface area contributed by atoms with Gasteiger partial charge in [-0.3, -0.25) is 4.79 Å². The van der Waals surface area contributed by atoms with Gasteiger partial charge in [0.05, 0.1) is 17.6 Å². The molecule has 0 heterocycles. The molecular weight excluding hydrogens is 346 g/mol. The van der Waals surface area contributed by atoms with Crippen LogP contribution in [0.4, 0.5) is 0 Å². The highest BCUT2D eigenvalue weighted by molar-refractivity contribution is 7.89. The van der Waals surface area contributed by atoms with E-state index in [-0.39, 0.29) is 27.8 Å². The first-order valence-electron chi connectivity index (χ1n) is 6.71. The Morgan fingerprint density at radius 3 is 2.43 bits per heavy atom. The number of carbonyl (C=O) groups excluding carboxylic acids is 1. The van der Waals surface area contributed by atoms with E-state index < -0.39 is 28.0 Å². The maximum atomic E-state index is 12.5. The molecule has 9 heteroatoms. The Labute approximate surface area is 139 Å². The Hall–Kier alpha value is -1.64. The highest BCUT2D eigenvalue weighted by Crippen LogP contribution is 2.22. The maximum Gasteiger partial charge on any atom is 0.339 e. The molecule has 1 aromatic carbocycles. The van der Waals surface area contributed by atoms with E-state index in [4.69, 9.17) is 16.7 Å². The van der Waals surface area contributed by atoms with Crippen LogP contribution in [0.1, 0.15) is 30.6 Å². The van der Waals surface area contributed by atoms with Gasteiger partial charge in [-0.1, -0.05) is 25.4 Å². The summed E-state index contributed by atoms with van der Waals surface area (Å²) in [7, 11) is -3.14. The van der Waals surface area contributed by atoms with E-state index in [1.807, 2.05) is 0 Å². The molecule has 128 valence electrons. The maximum absolute atomic E-state index is 12.5. The highest BCUT2D eigenvalue weighted by Gasteiger charge is 2.29. The number of sulfonamides is 1. The minimum atomic E-state index is -4.24. The van der Waals surface area contributed by atoms with Crippen molar-refractivity contribution in [2.45, 2.75) is 31.2 Å². The van der Waals surface area contributed by atoms with Gasteiger partial charge in [0.1, 0.15) is 6.04 Å². The smallest absolute Gasteiger partial charge is 0.339 e. The first-order valence-corrected chi connectivity index (χ1v) is 8.57. The number of carboxylic acid groups (broad SMARTS) is 1. The molecule has 1 rings (SSSR count). The minimum absolute atomic E-state index is 0.0379. The lowest BCUT2D eigenvalue weighted by atomic mass is 10.1. The van der Waals surface area contributed by atoms with Gasteiger partial charge in [0.15, 0.2) is 0 Å². The molecule has 0 amide bonds. The zero-order chi connectivity index (χ0) is 17.8. The molecular formula is C14H18ClNO6S. The molecule has 7 nitrogen and oxygen atoms in total. The molecule has 0 aliphatic carbocycles. The summed E-state index contributed by atoms with van der Waals surface area (Å²) in [5.41, 5.74) is -0.263. The molecule has 1 atom stereocenters. The van der Waals surface area contributed by atoms with E-state index >= 15 is 0 Å². The van der Waals surface area contributed by atoms with Crippen LogP contribution in [-0.2, 0) is 19.6 Å². The van der Waals surface area contributed by atoms with Gasteiger partial charge in [-0.25, -0.2) is 13.2 Å². The van der Waals surface area contributed by atoms with E-state index in [0.29, 0.717) is 0 Å². The summed E-state index contributed by atoms with van der Waals surface area (Å²) in [6.45, 7) is 3.54. The van der Waals surface area contributed by atoms with E-state index in [0.717, 1.165) is 19.2 Å². The number of nitrogens with one attached hydrogen (secondary N) is 1. The summed E-state index contributed by atoms with van der Waals surface area (Å²) in [4.78, 5) is 22.6. The molecule has 2 N–H and O–H groups in total. The Morgan fingerprint density at radius 1 is 1.35 bits per heavy atom. The average molecular weight is 364 g/mol. The molecule has 23 heavy (non-hydrogen) atoms. The molecule has 1 unspecified atom stereocenters. The zero-order valence-electron chi connectivity index (χ0n) is 12.9. The summed E-state index contributed by atoms with van der Waals surface area (Å²) in [6, 6.07) is 2.27. The summed E-state index contributed by atoms with van der Waals surface area (Å²) >= 11 is 5.78.